The maximum Gasteiger partial charge on any atom is 0.0788 e. The van der Waals surface area contributed by atoms with Crippen molar-refractivity contribution < 1.29 is 0 Å². The van der Waals surface area contributed by atoms with Gasteiger partial charge in [0.2, 0.25) is 0 Å². The molecule has 0 aliphatic rings. The quantitative estimate of drug-likeness (QED) is 0.192. The Morgan fingerprint density at radius 3 is 1.04 bits per heavy atom. The van der Waals surface area contributed by atoms with Crippen molar-refractivity contribution in [2.75, 3.05) is 0 Å². The average molecular weight is 585 g/mol. The fraction of sp³-hybridized carbons (Fsp3) is 0. The lowest BCUT2D eigenvalue weighted by Crippen LogP contribution is -1.90. The number of nitrogens with zero attached hydrogens (tertiary/aromatic N) is 2. The third-order valence-electron chi connectivity index (χ3n) is 9.05. The van der Waals surface area contributed by atoms with Crippen molar-refractivity contribution in [3.8, 4) is 44.8 Å². The first-order valence-electron chi connectivity index (χ1n) is 15.7. The molecule has 2 heteroatoms. The van der Waals surface area contributed by atoms with E-state index in [2.05, 4.69) is 170 Å². The van der Waals surface area contributed by atoms with Crippen LogP contribution in [0.15, 0.2) is 170 Å². The molecule has 0 saturated carbocycles. The smallest absolute Gasteiger partial charge is 0.0788 e. The lowest BCUT2D eigenvalue weighted by Gasteiger charge is -2.10. The van der Waals surface area contributed by atoms with E-state index in [9.17, 15) is 0 Å². The number of aromatic nitrogens is 2. The molecular formula is C44H28N2. The molecular weight excluding hydrogens is 556 g/mol. The van der Waals surface area contributed by atoms with Crippen molar-refractivity contribution in [3.63, 3.8) is 0 Å². The molecule has 214 valence electrons. The summed E-state index contributed by atoms with van der Waals surface area (Å²) in [7, 11) is 0. The molecule has 0 unspecified atom stereocenters. The Morgan fingerprint density at radius 2 is 0.609 bits per heavy atom. The summed E-state index contributed by atoms with van der Waals surface area (Å²) in [6, 6.07) is 60.3. The van der Waals surface area contributed by atoms with Crippen molar-refractivity contribution in [3.05, 3.63) is 170 Å². The van der Waals surface area contributed by atoms with Gasteiger partial charge < -0.3 is 0 Å². The van der Waals surface area contributed by atoms with Crippen LogP contribution in [0.25, 0.3) is 88.1 Å². The number of fused-ring (bicyclic) bond motifs is 6. The molecule has 0 bridgehead atoms. The minimum atomic E-state index is 0.961. The fourth-order valence-electron chi connectivity index (χ4n) is 6.57. The molecule has 0 aliphatic carbocycles. The normalized spacial score (nSPS) is 11.5. The first kappa shape index (κ1) is 26.3. The number of hydrogen-bond acceptors (Lipinski definition) is 2. The van der Waals surface area contributed by atoms with E-state index in [-0.39, 0.29) is 0 Å². The van der Waals surface area contributed by atoms with E-state index in [0.29, 0.717) is 0 Å². The molecule has 2 heterocycles. The molecule has 0 aliphatic heterocycles. The van der Waals surface area contributed by atoms with Gasteiger partial charge in [-0.25, -0.2) is 9.97 Å². The summed E-state index contributed by atoms with van der Waals surface area (Å²) in [5, 5.41) is 7.00. The van der Waals surface area contributed by atoms with Crippen LogP contribution in [0.2, 0.25) is 0 Å². The van der Waals surface area contributed by atoms with E-state index in [1.54, 1.807) is 0 Å². The van der Waals surface area contributed by atoms with Gasteiger partial charge in [0.05, 0.1) is 22.4 Å². The topological polar surface area (TPSA) is 25.8 Å². The zero-order chi connectivity index (χ0) is 30.5. The monoisotopic (exact) mass is 584 g/mol. The lowest BCUT2D eigenvalue weighted by molar-refractivity contribution is 1.39. The van der Waals surface area contributed by atoms with Crippen molar-refractivity contribution in [1.29, 1.82) is 0 Å². The Morgan fingerprint density at radius 1 is 0.261 bits per heavy atom. The Labute approximate surface area is 267 Å². The number of hydrogen-bond donors (Lipinski definition) is 0. The van der Waals surface area contributed by atoms with E-state index < -0.39 is 0 Å². The van der Waals surface area contributed by atoms with Crippen molar-refractivity contribution >= 4 is 43.4 Å². The third kappa shape index (κ3) is 4.60. The van der Waals surface area contributed by atoms with Gasteiger partial charge in [-0.05, 0) is 57.3 Å². The average Bonchev–Trinajstić information content (AvgIpc) is 3.14. The predicted octanol–water partition coefficient (Wildman–Crippen LogP) is 11.8. The molecule has 0 spiro atoms. The maximum atomic E-state index is 5.20. The summed E-state index contributed by atoms with van der Waals surface area (Å²) in [5.74, 6) is 0. The minimum Gasteiger partial charge on any atom is -0.247 e. The molecule has 2 nitrogen and oxygen atoms in total. The molecule has 0 N–H and O–H groups in total. The molecule has 0 radical (unpaired) electrons. The van der Waals surface area contributed by atoms with E-state index in [0.717, 1.165) is 44.3 Å². The zero-order valence-electron chi connectivity index (χ0n) is 25.1. The maximum absolute atomic E-state index is 5.20. The van der Waals surface area contributed by atoms with E-state index in [1.807, 2.05) is 0 Å². The number of rotatable bonds is 4. The van der Waals surface area contributed by atoms with Crippen LogP contribution in [0.4, 0.5) is 0 Å². The van der Waals surface area contributed by atoms with Crippen molar-refractivity contribution in [2.45, 2.75) is 0 Å². The highest BCUT2D eigenvalue weighted by atomic mass is 14.7. The Balaban J connectivity index is 1.10. The van der Waals surface area contributed by atoms with Crippen LogP contribution in [0, 0.1) is 0 Å². The standard InChI is InChI=1S/C44H28N2/c1-3-7-29(8-4-1)37-21-13-31-11-19-35-23-25-41(45-43(35)39(31)27-37)33-15-17-34(18-16-33)42-26-24-36-20-12-32-14-22-38(28-40(32)44(36)46-42)30-9-5-2-6-10-30/h1-28H. The van der Waals surface area contributed by atoms with Crippen LogP contribution >= 0.6 is 0 Å². The largest absolute Gasteiger partial charge is 0.247 e. The highest BCUT2D eigenvalue weighted by Gasteiger charge is 2.10. The summed E-state index contributed by atoms with van der Waals surface area (Å²) in [6.07, 6.45) is 0. The molecule has 9 aromatic rings. The second kappa shape index (κ2) is 10.8. The summed E-state index contributed by atoms with van der Waals surface area (Å²) in [5.41, 5.74) is 10.9. The van der Waals surface area contributed by atoms with Gasteiger partial charge in [0.1, 0.15) is 0 Å². The predicted molar refractivity (Wildman–Crippen MR) is 194 cm³/mol. The van der Waals surface area contributed by atoms with E-state index >= 15 is 0 Å². The van der Waals surface area contributed by atoms with E-state index in [1.165, 1.54) is 43.8 Å². The van der Waals surface area contributed by atoms with Gasteiger partial charge >= 0.3 is 0 Å². The van der Waals surface area contributed by atoms with Gasteiger partial charge in [0.25, 0.3) is 0 Å². The van der Waals surface area contributed by atoms with Gasteiger partial charge in [0.15, 0.2) is 0 Å². The molecule has 46 heavy (non-hydrogen) atoms. The third-order valence-corrected chi connectivity index (χ3v) is 9.05. The summed E-state index contributed by atoms with van der Waals surface area (Å²) >= 11 is 0. The second-order valence-corrected chi connectivity index (χ2v) is 11.8. The first-order chi connectivity index (χ1) is 22.8. The molecule has 7 aromatic carbocycles. The Bertz CT molecular complexity index is 2370. The molecule has 0 atom stereocenters. The highest BCUT2D eigenvalue weighted by Crippen LogP contribution is 2.33. The van der Waals surface area contributed by atoms with Gasteiger partial charge in [-0.2, -0.15) is 0 Å². The van der Waals surface area contributed by atoms with E-state index in [4.69, 9.17) is 9.97 Å². The van der Waals surface area contributed by atoms with Gasteiger partial charge in [-0.3, -0.25) is 0 Å². The van der Waals surface area contributed by atoms with Crippen molar-refractivity contribution in [1.82, 2.24) is 9.97 Å². The van der Waals surface area contributed by atoms with Crippen LogP contribution in [-0.2, 0) is 0 Å². The molecule has 0 saturated heterocycles. The van der Waals surface area contributed by atoms with Crippen LogP contribution in [0.1, 0.15) is 0 Å². The second-order valence-electron chi connectivity index (χ2n) is 11.8. The van der Waals surface area contributed by atoms with Gasteiger partial charge in [-0.15, -0.1) is 0 Å². The molecule has 2 aromatic heterocycles. The summed E-state index contributed by atoms with van der Waals surface area (Å²) < 4.78 is 0. The van der Waals surface area contributed by atoms with Crippen molar-refractivity contribution in [2.24, 2.45) is 0 Å². The van der Waals surface area contributed by atoms with Crippen LogP contribution in [0.3, 0.4) is 0 Å². The first-order valence-corrected chi connectivity index (χ1v) is 15.7. The SMILES string of the molecule is c1ccc(-c2ccc3ccc4ccc(-c5ccc(-c6ccc7ccc8ccc(-c9ccccc9)cc8c7n6)cc5)nc4c3c2)cc1. The Kier molecular flexibility index (Phi) is 6.17. The van der Waals surface area contributed by atoms with Gasteiger partial charge in [-0.1, -0.05) is 146 Å². The summed E-state index contributed by atoms with van der Waals surface area (Å²) in [4.78, 5) is 10.4. The molecule has 0 fully saturated rings. The number of pyridine rings is 2. The number of benzene rings is 7. The summed E-state index contributed by atoms with van der Waals surface area (Å²) in [6.45, 7) is 0. The highest BCUT2D eigenvalue weighted by molar-refractivity contribution is 6.08. The lowest BCUT2D eigenvalue weighted by atomic mass is 9.98. The Hall–Kier alpha value is -6.12. The molecule has 9 rings (SSSR count). The molecule has 0 amide bonds. The fourth-order valence-corrected chi connectivity index (χ4v) is 6.57. The van der Waals surface area contributed by atoms with Crippen LogP contribution < -0.4 is 0 Å². The van der Waals surface area contributed by atoms with Gasteiger partial charge in [0, 0.05) is 32.7 Å². The van der Waals surface area contributed by atoms with Crippen LogP contribution in [0.5, 0.6) is 0 Å². The zero-order valence-corrected chi connectivity index (χ0v) is 25.1. The van der Waals surface area contributed by atoms with Crippen LogP contribution in [-0.4, -0.2) is 9.97 Å². The minimum absolute atomic E-state index is 0.961.